The summed E-state index contributed by atoms with van der Waals surface area (Å²) in [6, 6.07) is 9.53. The normalized spacial score (nSPS) is 22.3. The second-order valence-corrected chi connectivity index (χ2v) is 7.87. The predicted molar refractivity (Wildman–Crippen MR) is 101 cm³/mol. The lowest BCUT2D eigenvalue weighted by molar-refractivity contribution is -0.132. The molecule has 26 heavy (non-hydrogen) atoms. The monoisotopic (exact) mass is 355 g/mol. The number of amides is 2. The Bertz CT molecular complexity index is 665. The second-order valence-electron chi connectivity index (χ2n) is 7.87. The van der Waals surface area contributed by atoms with E-state index in [0.717, 1.165) is 38.8 Å². The molecule has 1 heterocycles. The van der Waals surface area contributed by atoms with Crippen molar-refractivity contribution in [2.75, 3.05) is 26.2 Å². The van der Waals surface area contributed by atoms with Gasteiger partial charge in [0.15, 0.2) is 0 Å². The van der Waals surface area contributed by atoms with Crippen LogP contribution in [0.3, 0.4) is 0 Å². The van der Waals surface area contributed by atoms with Gasteiger partial charge in [-0.15, -0.1) is 0 Å². The van der Waals surface area contributed by atoms with Crippen molar-refractivity contribution >= 4 is 11.8 Å². The van der Waals surface area contributed by atoms with E-state index in [9.17, 15) is 9.59 Å². The molecule has 4 rings (SSSR count). The van der Waals surface area contributed by atoms with Gasteiger partial charge in [0, 0.05) is 25.2 Å². The van der Waals surface area contributed by atoms with Crippen LogP contribution in [0.15, 0.2) is 24.3 Å². The highest BCUT2D eigenvalue weighted by Gasteiger charge is 2.37. The highest BCUT2D eigenvalue weighted by Crippen LogP contribution is 2.40. The molecule has 0 radical (unpaired) electrons. The van der Waals surface area contributed by atoms with Crippen molar-refractivity contribution in [2.45, 2.75) is 57.0 Å². The molecule has 1 aliphatic heterocycles. The molecule has 5 heteroatoms. The molecule has 2 amide bonds. The number of carbonyl (C=O) groups is 2. The van der Waals surface area contributed by atoms with Gasteiger partial charge in [0.2, 0.25) is 11.8 Å². The highest BCUT2D eigenvalue weighted by atomic mass is 16.2. The first kappa shape index (κ1) is 17.5. The van der Waals surface area contributed by atoms with Crippen molar-refractivity contribution in [2.24, 2.45) is 0 Å². The van der Waals surface area contributed by atoms with E-state index in [4.69, 9.17) is 0 Å². The minimum absolute atomic E-state index is 0.0208. The Kier molecular flexibility index (Phi) is 5.25. The molecule has 0 spiro atoms. The first-order valence-corrected chi connectivity index (χ1v) is 10.1. The Balaban J connectivity index is 1.37. The van der Waals surface area contributed by atoms with Gasteiger partial charge in [-0.05, 0) is 56.1 Å². The quantitative estimate of drug-likeness (QED) is 0.852. The highest BCUT2D eigenvalue weighted by molar-refractivity contribution is 5.85. The Morgan fingerprint density at radius 3 is 2.62 bits per heavy atom. The molecule has 2 fully saturated rings. The fourth-order valence-electron chi connectivity index (χ4n) is 4.45. The molecule has 0 bridgehead atoms. The van der Waals surface area contributed by atoms with Crippen LogP contribution in [0.25, 0.3) is 0 Å². The molecule has 1 atom stereocenters. The van der Waals surface area contributed by atoms with Gasteiger partial charge < -0.3 is 10.2 Å². The molecule has 140 valence electrons. The van der Waals surface area contributed by atoms with Crippen LogP contribution in [0.5, 0.6) is 0 Å². The average Bonchev–Trinajstić information content (AvgIpc) is 3.36. The molecule has 1 aromatic rings. The molecule has 1 saturated heterocycles. The smallest absolute Gasteiger partial charge is 0.241 e. The summed E-state index contributed by atoms with van der Waals surface area (Å²) in [5, 5.41) is 2.86. The number of nitrogens with one attached hydrogen (secondary N) is 1. The van der Waals surface area contributed by atoms with Crippen LogP contribution in [0.1, 0.15) is 55.7 Å². The van der Waals surface area contributed by atoms with Gasteiger partial charge in [-0.2, -0.15) is 0 Å². The summed E-state index contributed by atoms with van der Waals surface area (Å²) < 4.78 is 0. The van der Waals surface area contributed by atoms with Crippen LogP contribution in [0.2, 0.25) is 0 Å². The number of benzene rings is 1. The zero-order valence-electron chi connectivity index (χ0n) is 15.5. The van der Waals surface area contributed by atoms with Gasteiger partial charge in [-0.3, -0.25) is 14.5 Å². The molecule has 3 aliphatic rings. The zero-order valence-corrected chi connectivity index (χ0v) is 15.5. The van der Waals surface area contributed by atoms with Gasteiger partial charge >= 0.3 is 0 Å². The first-order chi connectivity index (χ1) is 12.7. The topological polar surface area (TPSA) is 52.7 Å². The minimum Gasteiger partial charge on any atom is -0.346 e. The van der Waals surface area contributed by atoms with Gasteiger partial charge in [0.1, 0.15) is 0 Å². The molecule has 0 aromatic heterocycles. The van der Waals surface area contributed by atoms with Crippen LogP contribution in [0, 0.1) is 0 Å². The summed E-state index contributed by atoms with van der Waals surface area (Å²) in [6.07, 6.45) is 7.96. The van der Waals surface area contributed by atoms with Crippen molar-refractivity contribution in [1.82, 2.24) is 15.1 Å². The molecule has 1 saturated carbocycles. The number of aryl methyl sites for hydroxylation is 1. The van der Waals surface area contributed by atoms with Crippen LogP contribution in [-0.4, -0.2) is 53.8 Å². The van der Waals surface area contributed by atoms with Crippen molar-refractivity contribution < 1.29 is 9.59 Å². The summed E-state index contributed by atoms with van der Waals surface area (Å²) in [6.45, 7) is 2.21. The first-order valence-electron chi connectivity index (χ1n) is 10.1. The largest absolute Gasteiger partial charge is 0.346 e. The maximum atomic E-state index is 12.5. The molecule has 5 nitrogen and oxygen atoms in total. The van der Waals surface area contributed by atoms with Gasteiger partial charge in [-0.25, -0.2) is 0 Å². The van der Waals surface area contributed by atoms with Crippen molar-refractivity contribution in [3.8, 4) is 0 Å². The summed E-state index contributed by atoms with van der Waals surface area (Å²) in [5.41, 5.74) is 2.82. The molecular formula is C21H29N3O2. The van der Waals surface area contributed by atoms with E-state index in [1.54, 1.807) is 0 Å². The van der Waals surface area contributed by atoms with Crippen molar-refractivity contribution in [3.63, 3.8) is 0 Å². The van der Waals surface area contributed by atoms with E-state index >= 15 is 0 Å². The number of rotatable bonds is 6. The van der Waals surface area contributed by atoms with Crippen LogP contribution < -0.4 is 5.32 Å². The van der Waals surface area contributed by atoms with E-state index in [1.165, 1.54) is 30.4 Å². The number of likely N-dealkylation sites (tertiary alicyclic amines) is 1. The molecule has 2 aliphatic carbocycles. The van der Waals surface area contributed by atoms with E-state index in [2.05, 4.69) is 34.5 Å². The van der Waals surface area contributed by atoms with Crippen molar-refractivity contribution in [1.29, 1.82) is 0 Å². The standard InChI is InChI=1S/C21H29N3O2/c25-20(22-14-21(26)23-12-3-4-13-23)15-24(17-10-11-17)19-9-5-7-16-6-1-2-8-18(16)19/h1-2,6,8,17,19H,3-5,7,9-15H2,(H,22,25)/t19-/m0/s1. The third kappa shape index (κ3) is 3.93. The number of fused-ring (bicyclic) bond motifs is 1. The van der Waals surface area contributed by atoms with E-state index in [-0.39, 0.29) is 18.4 Å². The average molecular weight is 355 g/mol. The molecule has 1 aromatic carbocycles. The summed E-state index contributed by atoms with van der Waals surface area (Å²) in [5.74, 6) is 0.0318. The van der Waals surface area contributed by atoms with E-state index in [1.807, 2.05) is 4.90 Å². The lowest BCUT2D eigenvalue weighted by atomic mass is 9.86. The number of carbonyl (C=O) groups excluding carboxylic acids is 2. The third-order valence-electron chi connectivity index (χ3n) is 5.98. The molecule has 0 unspecified atom stereocenters. The van der Waals surface area contributed by atoms with Crippen LogP contribution in [-0.2, 0) is 16.0 Å². The molecular weight excluding hydrogens is 326 g/mol. The summed E-state index contributed by atoms with van der Waals surface area (Å²) in [4.78, 5) is 28.9. The lowest BCUT2D eigenvalue weighted by Gasteiger charge is -2.35. The predicted octanol–water partition coefficient (Wildman–Crippen LogP) is 2.27. The van der Waals surface area contributed by atoms with E-state index in [0.29, 0.717) is 18.6 Å². The Hall–Kier alpha value is -1.88. The minimum atomic E-state index is -0.0208. The molecule has 1 N–H and O–H groups in total. The second kappa shape index (κ2) is 7.78. The number of hydrogen-bond donors (Lipinski definition) is 1. The summed E-state index contributed by atoms with van der Waals surface area (Å²) >= 11 is 0. The SMILES string of the molecule is O=C(CN(C1CC1)[C@H]1CCCc2ccccc21)NCC(=O)N1CCCC1. The maximum Gasteiger partial charge on any atom is 0.241 e. The van der Waals surface area contributed by atoms with Gasteiger partial charge in [0.05, 0.1) is 13.1 Å². The van der Waals surface area contributed by atoms with Crippen LogP contribution in [0.4, 0.5) is 0 Å². The Morgan fingerprint density at radius 1 is 1.08 bits per heavy atom. The van der Waals surface area contributed by atoms with E-state index < -0.39 is 0 Å². The fraction of sp³-hybridized carbons (Fsp3) is 0.619. The van der Waals surface area contributed by atoms with Crippen LogP contribution >= 0.6 is 0 Å². The zero-order chi connectivity index (χ0) is 17.9. The Morgan fingerprint density at radius 2 is 1.85 bits per heavy atom. The number of nitrogens with zero attached hydrogens (tertiary/aromatic N) is 2. The maximum absolute atomic E-state index is 12.5. The third-order valence-corrected chi connectivity index (χ3v) is 5.98. The Labute approximate surface area is 155 Å². The summed E-state index contributed by atoms with van der Waals surface area (Å²) in [7, 11) is 0. The number of hydrogen-bond acceptors (Lipinski definition) is 3. The lowest BCUT2D eigenvalue weighted by Crippen LogP contribution is -2.44. The van der Waals surface area contributed by atoms with Gasteiger partial charge in [-0.1, -0.05) is 24.3 Å². The van der Waals surface area contributed by atoms with Gasteiger partial charge in [0.25, 0.3) is 0 Å². The fourth-order valence-corrected chi connectivity index (χ4v) is 4.45. The van der Waals surface area contributed by atoms with Crippen molar-refractivity contribution in [3.05, 3.63) is 35.4 Å².